The largest absolute Gasteiger partial charge is 0.480 e. The van der Waals surface area contributed by atoms with E-state index < -0.39 is 27.9 Å². The van der Waals surface area contributed by atoms with Crippen LogP contribution in [-0.4, -0.2) is 62.8 Å². The number of nitrogens with one attached hydrogen (secondary N) is 2. The van der Waals surface area contributed by atoms with Crippen LogP contribution in [0, 0.1) is 0 Å². The molecule has 1 heterocycles. The quantitative estimate of drug-likeness (QED) is 0.555. The van der Waals surface area contributed by atoms with Crippen molar-refractivity contribution in [2.75, 3.05) is 25.2 Å². The van der Waals surface area contributed by atoms with E-state index >= 15 is 0 Å². The van der Waals surface area contributed by atoms with E-state index in [2.05, 4.69) is 10.6 Å². The highest BCUT2D eigenvalue weighted by molar-refractivity contribution is 7.91. The maximum absolute atomic E-state index is 11.8. The average molecular weight is 322 g/mol. The zero-order chi connectivity index (χ0) is 15.9. The van der Waals surface area contributed by atoms with Gasteiger partial charge >= 0.3 is 12.0 Å². The van der Waals surface area contributed by atoms with Crippen molar-refractivity contribution >= 4 is 21.8 Å². The molecule has 1 aliphatic rings. The molecule has 9 heteroatoms. The Morgan fingerprint density at radius 3 is 2.48 bits per heavy atom. The van der Waals surface area contributed by atoms with Crippen LogP contribution in [0.3, 0.4) is 0 Å². The number of methoxy groups -OCH3 is 1. The molecule has 122 valence electrons. The fourth-order valence-electron chi connectivity index (χ4n) is 2.11. The van der Waals surface area contributed by atoms with E-state index in [1.807, 2.05) is 0 Å². The lowest BCUT2D eigenvalue weighted by Crippen LogP contribution is -2.50. The number of aliphatic carboxylic acids is 1. The smallest absolute Gasteiger partial charge is 0.326 e. The summed E-state index contributed by atoms with van der Waals surface area (Å²) < 4.78 is 27.4. The summed E-state index contributed by atoms with van der Waals surface area (Å²) in [6.45, 7) is 0.424. The Hall–Kier alpha value is -1.35. The van der Waals surface area contributed by atoms with Gasteiger partial charge in [0, 0.05) is 19.8 Å². The van der Waals surface area contributed by atoms with E-state index in [0.717, 1.165) is 0 Å². The van der Waals surface area contributed by atoms with Crippen LogP contribution < -0.4 is 10.6 Å². The molecule has 1 rings (SSSR count). The van der Waals surface area contributed by atoms with Gasteiger partial charge in [0.1, 0.15) is 15.9 Å². The first-order valence-corrected chi connectivity index (χ1v) is 8.65. The predicted molar refractivity (Wildman–Crippen MR) is 75.9 cm³/mol. The van der Waals surface area contributed by atoms with Gasteiger partial charge in [0.2, 0.25) is 0 Å². The third-order valence-corrected chi connectivity index (χ3v) is 5.05. The minimum atomic E-state index is -2.98. The second kappa shape index (κ2) is 8.18. The summed E-state index contributed by atoms with van der Waals surface area (Å²) in [5.74, 6) is -1.00. The Labute approximate surface area is 124 Å². The number of carboxylic acid groups (broad SMARTS) is 1. The molecule has 1 aliphatic heterocycles. The number of hydrogen-bond acceptors (Lipinski definition) is 5. The minimum Gasteiger partial charge on any atom is -0.480 e. The number of carboxylic acids is 1. The van der Waals surface area contributed by atoms with Gasteiger partial charge in [-0.1, -0.05) is 0 Å². The summed E-state index contributed by atoms with van der Waals surface area (Å²) in [4.78, 5) is 22.8. The van der Waals surface area contributed by atoms with Crippen LogP contribution >= 0.6 is 0 Å². The second-order valence-corrected chi connectivity index (χ2v) is 7.37. The normalized spacial score (nSPS) is 19.7. The number of amides is 2. The number of sulfone groups is 1. The monoisotopic (exact) mass is 322 g/mol. The van der Waals surface area contributed by atoms with Gasteiger partial charge in [0.05, 0.1) is 11.5 Å². The molecule has 0 aromatic rings. The fourth-order valence-corrected chi connectivity index (χ4v) is 3.60. The molecular weight excluding hydrogens is 300 g/mol. The molecule has 21 heavy (non-hydrogen) atoms. The fraction of sp³-hybridized carbons (Fsp3) is 0.833. The van der Waals surface area contributed by atoms with Crippen LogP contribution in [0.5, 0.6) is 0 Å². The van der Waals surface area contributed by atoms with Crippen molar-refractivity contribution in [2.45, 2.75) is 37.8 Å². The lowest BCUT2D eigenvalue weighted by molar-refractivity contribution is -0.139. The first-order chi connectivity index (χ1) is 9.84. The molecule has 1 fully saturated rings. The molecule has 0 saturated carbocycles. The van der Waals surface area contributed by atoms with Crippen LogP contribution in [0.4, 0.5) is 4.79 Å². The number of hydrogen-bond donors (Lipinski definition) is 3. The number of ether oxygens (including phenoxy) is 1. The van der Waals surface area contributed by atoms with Crippen LogP contribution in [0.25, 0.3) is 0 Å². The Kier molecular flexibility index (Phi) is 6.90. The zero-order valence-electron chi connectivity index (χ0n) is 12.0. The van der Waals surface area contributed by atoms with E-state index in [-0.39, 0.29) is 24.0 Å². The van der Waals surface area contributed by atoms with Crippen LogP contribution in [0.1, 0.15) is 25.7 Å². The molecule has 8 nitrogen and oxygen atoms in total. The Morgan fingerprint density at radius 1 is 1.33 bits per heavy atom. The summed E-state index contributed by atoms with van der Waals surface area (Å²) in [5.41, 5.74) is 0. The van der Waals surface area contributed by atoms with Gasteiger partial charge in [-0.15, -0.1) is 0 Å². The van der Waals surface area contributed by atoms with Gasteiger partial charge in [0.25, 0.3) is 0 Å². The maximum atomic E-state index is 11.8. The van der Waals surface area contributed by atoms with Crippen molar-refractivity contribution in [1.29, 1.82) is 0 Å². The van der Waals surface area contributed by atoms with Gasteiger partial charge in [0.15, 0.2) is 0 Å². The molecular formula is C12H22N2O6S. The third-order valence-electron chi connectivity index (χ3n) is 3.33. The van der Waals surface area contributed by atoms with Gasteiger partial charge in [-0.3, -0.25) is 0 Å². The molecule has 0 spiro atoms. The standard InChI is InChI=1S/C12H22N2O6S/c1-20-6-2-3-10(11(15)16)14-12(17)13-9-4-7-21(18,19)8-5-9/h9-10H,2-8H2,1H3,(H,15,16)(H2,13,14,17). The van der Waals surface area contributed by atoms with Crippen molar-refractivity contribution in [1.82, 2.24) is 10.6 Å². The summed E-state index contributed by atoms with van der Waals surface area (Å²) in [5, 5.41) is 14.0. The number of urea groups is 1. The Balaban J connectivity index is 2.38. The van der Waals surface area contributed by atoms with E-state index in [1.54, 1.807) is 0 Å². The number of carbonyl (C=O) groups excluding carboxylic acids is 1. The van der Waals surface area contributed by atoms with E-state index in [1.165, 1.54) is 7.11 Å². The summed E-state index contributed by atoms with van der Waals surface area (Å²) in [6, 6.07) is -1.79. The van der Waals surface area contributed by atoms with Crippen molar-refractivity contribution in [3.63, 3.8) is 0 Å². The minimum absolute atomic E-state index is 0.0497. The second-order valence-electron chi connectivity index (χ2n) is 5.07. The molecule has 0 aliphatic carbocycles. The lowest BCUT2D eigenvalue weighted by Gasteiger charge is -2.24. The van der Waals surface area contributed by atoms with Gasteiger partial charge in [-0.05, 0) is 25.7 Å². The van der Waals surface area contributed by atoms with Crippen molar-refractivity contribution < 1.29 is 27.9 Å². The highest BCUT2D eigenvalue weighted by atomic mass is 32.2. The van der Waals surface area contributed by atoms with Gasteiger partial charge in [-0.2, -0.15) is 0 Å². The molecule has 0 bridgehead atoms. The Morgan fingerprint density at radius 2 is 1.95 bits per heavy atom. The molecule has 1 saturated heterocycles. The van der Waals surface area contributed by atoms with Gasteiger partial charge < -0.3 is 20.5 Å². The van der Waals surface area contributed by atoms with Crippen LogP contribution in [0.2, 0.25) is 0 Å². The average Bonchev–Trinajstić information content (AvgIpc) is 2.40. The first kappa shape index (κ1) is 17.7. The third kappa shape index (κ3) is 6.76. The maximum Gasteiger partial charge on any atom is 0.326 e. The van der Waals surface area contributed by atoms with Crippen molar-refractivity contribution in [3.8, 4) is 0 Å². The molecule has 0 aromatic carbocycles. The van der Waals surface area contributed by atoms with Crippen LogP contribution in [-0.2, 0) is 19.4 Å². The SMILES string of the molecule is COCCCC(NC(=O)NC1CCS(=O)(=O)CC1)C(=O)O. The molecule has 2 amide bonds. The topological polar surface area (TPSA) is 122 Å². The van der Waals surface area contributed by atoms with E-state index in [9.17, 15) is 18.0 Å². The number of rotatable bonds is 7. The molecule has 0 radical (unpaired) electrons. The lowest BCUT2D eigenvalue weighted by atomic mass is 10.1. The summed E-state index contributed by atoms with van der Waals surface area (Å²) in [7, 11) is -1.46. The highest BCUT2D eigenvalue weighted by Gasteiger charge is 2.26. The molecule has 3 N–H and O–H groups in total. The highest BCUT2D eigenvalue weighted by Crippen LogP contribution is 2.12. The van der Waals surface area contributed by atoms with Crippen molar-refractivity contribution in [3.05, 3.63) is 0 Å². The molecule has 1 unspecified atom stereocenters. The Bertz CT molecular complexity index is 450. The molecule has 1 atom stereocenters. The van der Waals surface area contributed by atoms with Crippen molar-refractivity contribution in [2.24, 2.45) is 0 Å². The predicted octanol–water partition coefficient (Wildman–Crippen LogP) is -0.257. The summed E-state index contributed by atoms with van der Waals surface area (Å²) >= 11 is 0. The van der Waals surface area contributed by atoms with E-state index in [0.29, 0.717) is 25.9 Å². The van der Waals surface area contributed by atoms with Crippen LogP contribution in [0.15, 0.2) is 0 Å². The van der Waals surface area contributed by atoms with E-state index in [4.69, 9.17) is 9.84 Å². The van der Waals surface area contributed by atoms with Gasteiger partial charge in [-0.25, -0.2) is 18.0 Å². The first-order valence-electron chi connectivity index (χ1n) is 6.83. The molecule has 0 aromatic heterocycles. The zero-order valence-corrected chi connectivity index (χ0v) is 12.8. The number of carbonyl (C=O) groups is 2. The summed E-state index contributed by atoms with van der Waals surface area (Å²) in [6.07, 6.45) is 1.51.